The number of rotatable bonds is 7. The molecule has 2 rings (SSSR count). The first-order valence-electron chi connectivity index (χ1n) is 8.13. The first-order chi connectivity index (χ1) is 10.6. The van der Waals surface area contributed by atoms with Crippen LogP contribution in [0.2, 0.25) is 0 Å². The third-order valence-corrected chi connectivity index (χ3v) is 4.51. The summed E-state index contributed by atoms with van der Waals surface area (Å²) in [6.07, 6.45) is 6.09. The highest BCUT2D eigenvalue weighted by Gasteiger charge is 2.26. The summed E-state index contributed by atoms with van der Waals surface area (Å²) in [6, 6.07) is 8.54. The van der Waals surface area contributed by atoms with Crippen LogP contribution < -0.4 is 5.32 Å². The molecule has 1 amide bonds. The average Bonchev–Trinajstić information content (AvgIpc) is 3.00. The Labute approximate surface area is 131 Å². The van der Waals surface area contributed by atoms with E-state index in [-0.39, 0.29) is 11.8 Å². The lowest BCUT2D eigenvalue weighted by Gasteiger charge is -2.20. The second-order valence-electron chi connectivity index (χ2n) is 6.38. The van der Waals surface area contributed by atoms with Gasteiger partial charge in [0.1, 0.15) is 6.04 Å². The molecular formula is C18H25NO3. The van der Waals surface area contributed by atoms with E-state index in [0.717, 1.165) is 12.0 Å². The van der Waals surface area contributed by atoms with Gasteiger partial charge in [-0.05, 0) is 17.9 Å². The number of carboxylic acid groups (broad SMARTS) is 1. The fourth-order valence-corrected chi connectivity index (χ4v) is 3.22. The topological polar surface area (TPSA) is 66.4 Å². The first kappa shape index (κ1) is 16.5. The summed E-state index contributed by atoms with van der Waals surface area (Å²) in [4.78, 5) is 23.7. The summed E-state index contributed by atoms with van der Waals surface area (Å²) in [7, 11) is 0. The van der Waals surface area contributed by atoms with Crippen LogP contribution in [0, 0.1) is 11.8 Å². The summed E-state index contributed by atoms with van der Waals surface area (Å²) in [6.45, 7) is 1.90. The second-order valence-corrected chi connectivity index (χ2v) is 6.38. The summed E-state index contributed by atoms with van der Waals surface area (Å²) >= 11 is 0. The maximum Gasteiger partial charge on any atom is 0.326 e. The summed E-state index contributed by atoms with van der Waals surface area (Å²) < 4.78 is 0. The Balaban J connectivity index is 1.89. The SMILES string of the molecule is CC(CC1CCCC1)C(=O)N[C@H](Cc1ccccc1)C(=O)O. The minimum absolute atomic E-state index is 0.124. The number of amides is 1. The molecule has 120 valence electrons. The molecule has 2 N–H and O–H groups in total. The third-order valence-electron chi connectivity index (χ3n) is 4.51. The maximum absolute atomic E-state index is 12.3. The minimum atomic E-state index is -0.981. The van der Waals surface area contributed by atoms with E-state index in [1.165, 1.54) is 25.7 Å². The quantitative estimate of drug-likeness (QED) is 0.813. The molecule has 1 fully saturated rings. The number of carbonyl (C=O) groups is 2. The molecule has 0 spiro atoms. The zero-order chi connectivity index (χ0) is 15.9. The Morgan fingerprint density at radius 2 is 1.86 bits per heavy atom. The number of carbonyl (C=O) groups excluding carboxylic acids is 1. The van der Waals surface area contributed by atoms with Crippen molar-refractivity contribution in [3.8, 4) is 0 Å². The van der Waals surface area contributed by atoms with Crippen molar-refractivity contribution in [3.05, 3.63) is 35.9 Å². The Morgan fingerprint density at radius 1 is 1.23 bits per heavy atom. The summed E-state index contributed by atoms with van der Waals surface area (Å²) in [5.41, 5.74) is 0.915. The predicted molar refractivity (Wildman–Crippen MR) is 85.5 cm³/mol. The Morgan fingerprint density at radius 3 is 2.45 bits per heavy atom. The zero-order valence-corrected chi connectivity index (χ0v) is 13.1. The number of hydrogen-bond acceptors (Lipinski definition) is 2. The van der Waals surface area contributed by atoms with Crippen LogP contribution >= 0.6 is 0 Å². The van der Waals surface area contributed by atoms with Gasteiger partial charge >= 0.3 is 5.97 Å². The molecule has 2 atom stereocenters. The highest BCUT2D eigenvalue weighted by Crippen LogP contribution is 2.30. The van der Waals surface area contributed by atoms with Crippen LogP contribution in [0.3, 0.4) is 0 Å². The van der Waals surface area contributed by atoms with Gasteiger partial charge in [-0.2, -0.15) is 0 Å². The van der Waals surface area contributed by atoms with Crippen molar-refractivity contribution in [2.75, 3.05) is 0 Å². The van der Waals surface area contributed by atoms with Gasteiger partial charge in [-0.1, -0.05) is 62.9 Å². The van der Waals surface area contributed by atoms with Gasteiger partial charge in [0.15, 0.2) is 0 Å². The number of aliphatic carboxylic acids is 1. The molecule has 4 heteroatoms. The monoisotopic (exact) mass is 303 g/mol. The van der Waals surface area contributed by atoms with Crippen LogP contribution in [0.15, 0.2) is 30.3 Å². The van der Waals surface area contributed by atoms with Crippen LogP contribution in [0.5, 0.6) is 0 Å². The number of carboxylic acids is 1. The van der Waals surface area contributed by atoms with Gasteiger partial charge in [0.25, 0.3) is 0 Å². The van der Waals surface area contributed by atoms with Crippen molar-refractivity contribution < 1.29 is 14.7 Å². The lowest BCUT2D eigenvalue weighted by molar-refractivity contribution is -0.142. The first-order valence-corrected chi connectivity index (χ1v) is 8.13. The number of hydrogen-bond donors (Lipinski definition) is 2. The van der Waals surface area contributed by atoms with Crippen LogP contribution in [0.4, 0.5) is 0 Å². The molecule has 0 saturated heterocycles. The van der Waals surface area contributed by atoms with E-state index in [9.17, 15) is 14.7 Å². The standard InChI is InChI=1S/C18H25NO3/c1-13(11-14-9-5-6-10-14)17(20)19-16(18(21)22)12-15-7-3-2-4-8-15/h2-4,7-8,13-14,16H,5-6,9-12H2,1H3,(H,19,20)(H,21,22)/t13?,16-/m1/s1. The molecule has 1 aromatic rings. The predicted octanol–water partition coefficient (Wildman–Crippen LogP) is 3.01. The zero-order valence-electron chi connectivity index (χ0n) is 13.1. The highest BCUT2D eigenvalue weighted by atomic mass is 16.4. The molecule has 0 aromatic heterocycles. The molecule has 0 radical (unpaired) electrons. The van der Waals surface area contributed by atoms with E-state index in [4.69, 9.17) is 0 Å². The average molecular weight is 303 g/mol. The Hall–Kier alpha value is -1.84. The van der Waals surface area contributed by atoms with Gasteiger partial charge in [-0.15, -0.1) is 0 Å². The van der Waals surface area contributed by atoms with Gasteiger partial charge in [0, 0.05) is 12.3 Å². The van der Waals surface area contributed by atoms with Crippen molar-refractivity contribution in [1.29, 1.82) is 0 Å². The molecule has 1 aromatic carbocycles. The van der Waals surface area contributed by atoms with Gasteiger partial charge in [0.2, 0.25) is 5.91 Å². The molecule has 1 aliphatic carbocycles. The molecule has 1 saturated carbocycles. The van der Waals surface area contributed by atoms with E-state index in [1.54, 1.807) is 0 Å². The van der Waals surface area contributed by atoms with Gasteiger partial charge in [-0.25, -0.2) is 4.79 Å². The summed E-state index contributed by atoms with van der Waals surface area (Å²) in [5, 5.41) is 12.0. The molecule has 1 unspecified atom stereocenters. The van der Waals surface area contributed by atoms with Crippen molar-refractivity contribution in [2.24, 2.45) is 11.8 Å². The molecule has 22 heavy (non-hydrogen) atoms. The van der Waals surface area contributed by atoms with E-state index in [0.29, 0.717) is 12.3 Å². The normalized spacial score (nSPS) is 17.9. The van der Waals surface area contributed by atoms with Gasteiger partial charge < -0.3 is 10.4 Å². The van der Waals surface area contributed by atoms with Crippen LogP contribution in [-0.4, -0.2) is 23.0 Å². The molecular weight excluding hydrogens is 278 g/mol. The van der Waals surface area contributed by atoms with Crippen molar-refractivity contribution in [3.63, 3.8) is 0 Å². The molecule has 4 nitrogen and oxygen atoms in total. The number of nitrogens with one attached hydrogen (secondary N) is 1. The largest absolute Gasteiger partial charge is 0.480 e. The molecule has 0 aliphatic heterocycles. The second kappa shape index (κ2) is 7.97. The van der Waals surface area contributed by atoms with E-state index in [2.05, 4.69) is 5.32 Å². The van der Waals surface area contributed by atoms with Crippen LogP contribution in [-0.2, 0) is 16.0 Å². The fraction of sp³-hybridized carbons (Fsp3) is 0.556. The fourth-order valence-electron chi connectivity index (χ4n) is 3.22. The van der Waals surface area contributed by atoms with E-state index >= 15 is 0 Å². The summed E-state index contributed by atoms with van der Waals surface area (Å²) in [5.74, 6) is -0.626. The van der Waals surface area contributed by atoms with Gasteiger partial charge in [0.05, 0.1) is 0 Å². The Kier molecular flexibility index (Phi) is 5.99. The lowest BCUT2D eigenvalue weighted by Crippen LogP contribution is -2.44. The Bertz CT molecular complexity index is 494. The maximum atomic E-state index is 12.3. The lowest BCUT2D eigenvalue weighted by atomic mass is 9.93. The van der Waals surface area contributed by atoms with E-state index < -0.39 is 12.0 Å². The smallest absolute Gasteiger partial charge is 0.326 e. The molecule has 0 heterocycles. The molecule has 0 bridgehead atoms. The minimum Gasteiger partial charge on any atom is -0.480 e. The van der Waals surface area contributed by atoms with Crippen LogP contribution in [0.1, 0.15) is 44.6 Å². The van der Waals surface area contributed by atoms with Crippen LogP contribution in [0.25, 0.3) is 0 Å². The van der Waals surface area contributed by atoms with Crippen molar-refractivity contribution in [2.45, 2.75) is 51.5 Å². The third kappa shape index (κ3) is 4.86. The van der Waals surface area contributed by atoms with Crippen molar-refractivity contribution in [1.82, 2.24) is 5.32 Å². The van der Waals surface area contributed by atoms with Gasteiger partial charge in [-0.3, -0.25) is 4.79 Å². The highest BCUT2D eigenvalue weighted by molar-refractivity contribution is 5.85. The molecule has 1 aliphatic rings. The van der Waals surface area contributed by atoms with Crippen molar-refractivity contribution >= 4 is 11.9 Å². The van der Waals surface area contributed by atoms with E-state index in [1.807, 2.05) is 37.3 Å². The number of benzene rings is 1.